The van der Waals surface area contributed by atoms with Crippen molar-refractivity contribution in [2.24, 2.45) is 11.5 Å². The third-order valence-electron chi connectivity index (χ3n) is 1.74. The molecule has 9 heteroatoms. The van der Waals surface area contributed by atoms with E-state index >= 15 is 0 Å². The molecule has 0 fully saturated rings. The number of aliphatic hydroxyl groups is 1. The predicted molar refractivity (Wildman–Crippen MR) is 59.8 cm³/mol. The summed E-state index contributed by atoms with van der Waals surface area (Å²) in [7, 11) is 0. The largest absolute Gasteiger partial charge is 0.481 e. The van der Waals surface area contributed by atoms with Crippen molar-refractivity contribution in [3.63, 3.8) is 0 Å². The molecule has 9 nitrogen and oxygen atoms in total. The van der Waals surface area contributed by atoms with Gasteiger partial charge in [0.2, 0.25) is 0 Å². The van der Waals surface area contributed by atoms with E-state index < -0.39 is 42.0 Å². The van der Waals surface area contributed by atoms with Gasteiger partial charge in [0.25, 0.3) is 0 Å². The highest BCUT2D eigenvalue weighted by atomic mass is 16.4. The van der Waals surface area contributed by atoms with Crippen LogP contribution in [0.5, 0.6) is 0 Å². The molecule has 0 aromatic carbocycles. The molecule has 0 rings (SSSR count). The number of hydrogen-bond donors (Lipinski definition) is 6. The summed E-state index contributed by atoms with van der Waals surface area (Å²) >= 11 is 0. The van der Waals surface area contributed by atoms with Crippen LogP contribution in [0.25, 0.3) is 0 Å². The molecule has 0 aromatic heterocycles. The van der Waals surface area contributed by atoms with Gasteiger partial charge < -0.3 is 31.9 Å². The molecular formula is C9H18N2O7. The molecule has 8 N–H and O–H groups in total. The molecule has 0 heterocycles. The fourth-order valence-electron chi connectivity index (χ4n) is 0.578. The minimum absolute atomic E-state index is 0.532. The Morgan fingerprint density at radius 1 is 1.06 bits per heavy atom. The quantitative estimate of drug-likeness (QED) is 0.328. The molecule has 0 aliphatic rings. The summed E-state index contributed by atoms with van der Waals surface area (Å²) in [6.07, 6.45) is -0.532. The first-order valence-corrected chi connectivity index (χ1v) is 4.80. The van der Waals surface area contributed by atoms with Crippen LogP contribution in [0, 0.1) is 0 Å². The number of rotatable bonds is 5. The van der Waals surface area contributed by atoms with E-state index in [1.165, 1.54) is 13.8 Å². The van der Waals surface area contributed by atoms with Gasteiger partial charge in [0, 0.05) is 0 Å². The molecule has 18 heavy (non-hydrogen) atoms. The van der Waals surface area contributed by atoms with Crippen LogP contribution in [0.1, 0.15) is 20.3 Å². The average Bonchev–Trinajstić information content (AvgIpc) is 2.14. The Hall–Kier alpha value is -1.71. The summed E-state index contributed by atoms with van der Waals surface area (Å²) in [5.41, 5.74) is 8.54. The SMILES string of the molecule is CC(C)(O)C(N)C(=O)O.N[C@@H](CC(=O)O)C(=O)O. The normalized spacial score (nSPS) is 13.8. The molecule has 0 aliphatic heterocycles. The lowest BCUT2D eigenvalue weighted by Crippen LogP contribution is -2.48. The first kappa shape index (κ1) is 18.6. The van der Waals surface area contributed by atoms with Gasteiger partial charge in [-0.1, -0.05) is 0 Å². The van der Waals surface area contributed by atoms with Gasteiger partial charge >= 0.3 is 17.9 Å². The number of aliphatic carboxylic acids is 3. The maximum Gasteiger partial charge on any atom is 0.323 e. The Morgan fingerprint density at radius 2 is 1.44 bits per heavy atom. The molecule has 0 spiro atoms. The van der Waals surface area contributed by atoms with E-state index in [1.54, 1.807) is 0 Å². The maximum atomic E-state index is 10.1. The van der Waals surface area contributed by atoms with Crippen LogP contribution in [0.2, 0.25) is 0 Å². The highest BCUT2D eigenvalue weighted by Gasteiger charge is 2.28. The second-order valence-corrected chi connectivity index (χ2v) is 4.01. The standard InChI is InChI=1S/C5H11NO3.C4H7NO4/c1-5(2,9)3(6)4(7)8;5-2(4(8)9)1-3(6)7/h3,9H,6H2,1-2H3,(H,7,8);2H,1,5H2,(H,6,7)(H,8,9)/t;2-/m.0/s1. The molecule has 106 valence electrons. The molecule has 2 atom stereocenters. The zero-order chi connectivity index (χ0) is 15.1. The number of carboxylic acids is 3. The molecule has 0 bridgehead atoms. The zero-order valence-corrected chi connectivity index (χ0v) is 10.0. The van der Waals surface area contributed by atoms with Crippen LogP contribution in [0.15, 0.2) is 0 Å². The summed E-state index contributed by atoms with van der Waals surface area (Å²) in [5.74, 6) is -3.69. The van der Waals surface area contributed by atoms with Crippen LogP contribution in [0.3, 0.4) is 0 Å². The Morgan fingerprint density at radius 3 is 1.50 bits per heavy atom. The molecule has 0 saturated carbocycles. The lowest BCUT2D eigenvalue weighted by molar-refractivity contribution is -0.144. The van der Waals surface area contributed by atoms with Gasteiger partial charge in [0.15, 0.2) is 0 Å². The van der Waals surface area contributed by atoms with Crippen LogP contribution in [-0.4, -0.2) is 56.0 Å². The smallest absolute Gasteiger partial charge is 0.323 e. The van der Waals surface area contributed by atoms with Crippen molar-refractivity contribution in [1.82, 2.24) is 0 Å². The minimum Gasteiger partial charge on any atom is -0.481 e. The first-order valence-electron chi connectivity index (χ1n) is 4.80. The summed E-state index contributed by atoms with van der Waals surface area (Å²) < 4.78 is 0. The zero-order valence-electron chi connectivity index (χ0n) is 10.0. The van der Waals surface area contributed by atoms with Gasteiger partial charge in [-0.2, -0.15) is 0 Å². The predicted octanol–water partition coefficient (Wildman–Crippen LogP) is -1.96. The summed E-state index contributed by atoms with van der Waals surface area (Å²) in [4.78, 5) is 29.7. The van der Waals surface area contributed by atoms with Crippen molar-refractivity contribution < 1.29 is 34.8 Å². The molecular weight excluding hydrogens is 248 g/mol. The van der Waals surface area contributed by atoms with Gasteiger partial charge in [-0.3, -0.25) is 14.4 Å². The van der Waals surface area contributed by atoms with E-state index in [4.69, 9.17) is 31.9 Å². The summed E-state index contributed by atoms with van der Waals surface area (Å²) in [5, 5.41) is 33.2. The monoisotopic (exact) mass is 266 g/mol. The Labute approximate surface area is 103 Å². The third kappa shape index (κ3) is 9.51. The van der Waals surface area contributed by atoms with Crippen molar-refractivity contribution in [3.05, 3.63) is 0 Å². The molecule has 0 amide bonds. The van der Waals surface area contributed by atoms with E-state index in [1.807, 2.05) is 0 Å². The van der Waals surface area contributed by atoms with Crippen LogP contribution in [0.4, 0.5) is 0 Å². The Kier molecular flexibility index (Phi) is 7.86. The Balaban J connectivity index is 0. The Bertz CT molecular complexity index is 311. The number of hydrogen-bond acceptors (Lipinski definition) is 6. The number of nitrogens with two attached hydrogens (primary N) is 2. The van der Waals surface area contributed by atoms with Crippen molar-refractivity contribution in [3.8, 4) is 0 Å². The highest BCUT2D eigenvalue weighted by molar-refractivity contribution is 5.80. The molecule has 0 aliphatic carbocycles. The number of carboxylic acid groups (broad SMARTS) is 3. The topological polar surface area (TPSA) is 184 Å². The molecule has 0 radical (unpaired) electrons. The van der Waals surface area contributed by atoms with Gasteiger partial charge in [-0.05, 0) is 13.8 Å². The van der Waals surface area contributed by atoms with Gasteiger partial charge in [0.1, 0.15) is 12.1 Å². The van der Waals surface area contributed by atoms with E-state index in [9.17, 15) is 14.4 Å². The van der Waals surface area contributed by atoms with Crippen molar-refractivity contribution in [1.29, 1.82) is 0 Å². The van der Waals surface area contributed by atoms with Gasteiger partial charge in [0.05, 0.1) is 12.0 Å². The average molecular weight is 266 g/mol. The summed E-state index contributed by atoms with van der Waals surface area (Å²) in [6.45, 7) is 2.71. The van der Waals surface area contributed by atoms with Crippen LogP contribution in [-0.2, 0) is 14.4 Å². The number of carbonyl (C=O) groups is 3. The molecule has 1 unspecified atom stereocenters. The van der Waals surface area contributed by atoms with E-state index in [2.05, 4.69) is 0 Å². The lowest BCUT2D eigenvalue weighted by Gasteiger charge is -2.20. The first-order chi connectivity index (χ1) is 7.89. The van der Waals surface area contributed by atoms with Crippen molar-refractivity contribution in [2.75, 3.05) is 0 Å². The van der Waals surface area contributed by atoms with Crippen molar-refractivity contribution >= 4 is 17.9 Å². The van der Waals surface area contributed by atoms with Crippen molar-refractivity contribution in [2.45, 2.75) is 38.0 Å². The third-order valence-corrected chi connectivity index (χ3v) is 1.74. The van der Waals surface area contributed by atoms with E-state index in [0.717, 1.165) is 0 Å². The lowest BCUT2D eigenvalue weighted by atomic mass is 10.0. The molecule has 0 saturated heterocycles. The van der Waals surface area contributed by atoms with E-state index in [0.29, 0.717) is 0 Å². The fraction of sp³-hybridized carbons (Fsp3) is 0.667. The van der Waals surface area contributed by atoms with Gasteiger partial charge in [-0.15, -0.1) is 0 Å². The second kappa shape index (κ2) is 7.58. The minimum atomic E-state index is -1.34. The summed E-state index contributed by atoms with van der Waals surface area (Å²) in [6, 6.07) is -2.50. The van der Waals surface area contributed by atoms with Crippen LogP contribution < -0.4 is 11.5 Å². The van der Waals surface area contributed by atoms with E-state index in [-0.39, 0.29) is 0 Å². The second-order valence-electron chi connectivity index (χ2n) is 4.01. The van der Waals surface area contributed by atoms with Crippen LogP contribution >= 0.6 is 0 Å². The molecule has 0 aromatic rings. The highest BCUT2D eigenvalue weighted by Crippen LogP contribution is 2.04. The fourth-order valence-corrected chi connectivity index (χ4v) is 0.578. The van der Waals surface area contributed by atoms with Gasteiger partial charge in [-0.25, -0.2) is 0 Å². The maximum absolute atomic E-state index is 10.1.